The lowest BCUT2D eigenvalue weighted by molar-refractivity contribution is 1.09. The Balaban J connectivity index is 2.03. The van der Waals surface area contributed by atoms with Crippen molar-refractivity contribution in [2.75, 3.05) is 6.26 Å². The van der Waals surface area contributed by atoms with E-state index >= 15 is 0 Å². The highest BCUT2D eigenvalue weighted by Gasteiger charge is 2.09. The maximum Gasteiger partial charge on any atom is 0.182 e. The van der Waals surface area contributed by atoms with Gasteiger partial charge in [0.15, 0.2) is 5.82 Å². The van der Waals surface area contributed by atoms with Crippen molar-refractivity contribution in [3.63, 3.8) is 0 Å². The summed E-state index contributed by atoms with van der Waals surface area (Å²) in [4.78, 5) is 5.74. The van der Waals surface area contributed by atoms with Gasteiger partial charge in [0, 0.05) is 11.1 Å². The number of fused-ring (bicyclic) bond motifs is 1. The lowest BCUT2D eigenvalue weighted by Gasteiger charge is -1.99. The molecule has 2 heterocycles. The molecule has 0 unspecified atom stereocenters. The second kappa shape index (κ2) is 5.69. The highest BCUT2D eigenvalue weighted by Crippen LogP contribution is 2.26. The minimum atomic E-state index is 0.781. The van der Waals surface area contributed by atoms with Crippen molar-refractivity contribution in [3.05, 3.63) is 53.9 Å². The van der Waals surface area contributed by atoms with Crippen molar-refractivity contribution in [2.24, 2.45) is 10.2 Å². The second-order valence-corrected chi connectivity index (χ2v) is 5.69. The topological polar surface area (TPSA) is 42.0 Å². The molecule has 3 aromatic rings. The third-order valence-electron chi connectivity index (χ3n) is 3.30. The van der Waals surface area contributed by atoms with E-state index in [2.05, 4.69) is 21.3 Å². The summed E-state index contributed by atoms with van der Waals surface area (Å²) in [5.41, 5.74) is 3.80. The molecule has 4 nitrogen and oxygen atoms in total. The number of rotatable bonds is 3. The zero-order chi connectivity index (χ0) is 14.8. The molecular formula is C16H16N4S. The molecule has 2 aromatic heterocycles. The number of aromatic nitrogens is 2. The molecular weight excluding hydrogens is 280 g/mol. The number of hydrogen-bond acceptors (Lipinski definition) is 4. The Bertz CT molecular complexity index is 820. The van der Waals surface area contributed by atoms with Crippen LogP contribution in [0, 0.1) is 13.8 Å². The van der Waals surface area contributed by atoms with Gasteiger partial charge in [-0.25, -0.2) is 4.98 Å². The van der Waals surface area contributed by atoms with E-state index < -0.39 is 0 Å². The Labute approximate surface area is 127 Å². The van der Waals surface area contributed by atoms with E-state index in [0.717, 1.165) is 28.4 Å². The first-order valence-corrected chi connectivity index (χ1v) is 7.91. The zero-order valence-electron chi connectivity index (χ0n) is 12.2. The number of pyridine rings is 1. The third-order valence-corrected chi connectivity index (χ3v) is 4.03. The standard InChI is InChI=1S/C16H16N4S/c1-11-6-5-9-20-15(11)17-12(2)16(20)19-18-13-7-4-8-14(10-13)21-3/h4-10H,1-3H3. The van der Waals surface area contributed by atoms with Gasteiger partial charge in [-0.15, -0.1) is 22.0 Å². The Hall–Kier alpha value is -2.14. The van der Waals surface area contributed by atoms with Crippen molar-refractivity contribution >= 4 is 28.9 Å². The Morgan fingerprint density at radius 2 is 1.95 bits per heavy atom. The quantitative estimate of drug-likeness (QED) is 0.499. The molecule has 0 aliphatic heterocycles. The first kappa shape index (κ1) is 13.8. The fourth-order valence-electron chi connectivity index (χ4n) is 2.20. The predicted molar refractivity (Wildman–Crippen MR) is 87.1 cm³/mol. The summed E-state index contributed by atoms with van der Waals surface area (Å²) in [6.07, 6.45) is 4.02. The third kappa shape index (κ3) is 2.69. The summed E-state index contributed by atoms with van der Waals surface area (Å²) < 4.78 is 1.98. The number of benzene rings is 1. The van der Waals surface area contributed by atoms with Gasteiger partial charge in [0.1, 0.15) is 5.65 Å². The summed E-state index contributed by atoms with van der Waals surface area (Å²) in [6.45, 7) is 4.00. The largest absolute Gasteiger partial charge is 0.283 e. The van der Waals surface area contributed by atoms with Crippen LogP contribution < -0.4 is 0 Å². The molecule has 0 amide bonds. The van der Waals surface area contributed by atoms with Crippen molar-refractivity contribution in [1.29, 1.82) is 0 Å². The number of aryl methyl sites for hydroxylation is 2. The van der Waals surface area contributed by atoms with E-state index in [9.17, 15) is 0 Å². The number of azo groups is 1. The molecule has 0 bridgehead atoms. The maximum absolute atomic E-state index is 4.56. The van der Waals surface area contributed by atoms with Crippen molar-refractivity contribution < 1.29 is 0 Å². The number of thioether (sulfide) groups is 1. The summed E-state index contributed by atoms with van der Waals surface area (Å²) in [5.74, 6) is 0.781. The molecule has 0 saturated heterocycles. The van der Waals surface area contributed by atoms with E-state index in [4.69, 9.17) is 0 Å². The van der Waals surface area contributed by atoms with E-state index in [1.54, 1.807) is 11.8 Å². The van der Waals surface area contributed by atoms with Crippen LogP contribution in [-0.4, -0.2) is 15.6 Å². The Kier molecular flexibility index (Phi) is 3.75. The van der Waals surface area contributed by atoms with E-state index in [1.165, 1.54) is 4.90 Å². The average Bonchev–Trinajstić information content (AvgIpc) is 2.83. The van der Waals surface area contributed by atoms with Crippen LogP contribution in [0.25, 0.3) is 5.65 Å². The fraction of sp³-hybridized carbons (Fsp3) is 0.188. The van der Waals surface area contributed by atoms with E-state index in [0.29, 0.717) is 0 Å². The first-order chi connectivity index (χ1) is 10.2. The lowest BCUT2D eigenvalue weighted by atomic mass is 10.3. The first-order valence-electron chi connectivity index (χ1n) is 6.69. The van der Waals surface area contributed by atoms with Crippen LogP contribution >= 0.6 is 11.8 Å². The minimum Gasteiger partial charge on any atom is -0.283 e. The fourth-order valence-corrected chi connectivity index (χ4v) is 2.66. The molecule has 0 N–H and O–H groups in total. The molecule has 106 valence electrons. The molecule has 0 radical (unpaired) electrons. The SMILES string of the molecule is CSc1cccc(N=Nc2c(C)nc3c(C)cccn23)c1. The normalized spacial score (nSPS) is 11.6. The van der Waals surface area contributed by atoms with Gasteiger partial charge in [0.2, 0.25) is 0 Å². The Morgan fingerprint density at radius 3 is 2.76 bits per heavy atom. The minimum absolute atomic E-state index is 0.781. The van der Waals surface area contributed by atoms with Crippen LogP contribution in [-0.2, 0) is 0 Å². The molecule has 0 saturated carbocycles. The number of imidazole rings is 1. The van der Waals surface area contributed by atoms with Gasteiger partial charge >= 0.3 is 0 Å². The average molecular weight is 296 g/mol. The smallest absolute Gasteiger partial charge is 0.182 e. The monoisotopic (exact) mass is 296 g/mol. The Morgan fingerprint density at radius 1 is 1.10 bits per heavy atom. The summed E-state index contributed by atoms with van der Waals surface area (Å²) in [5, 5.41) is 8.75. The molecule has 3 rings (SSSR count). The van der Waals surface area contributed by atoms with Crippen molar-refractivity contribution in [1.82, 2.24) is 9.38 Å². The van der Waals surface area contributed by atoms with Gasteiger partial charge in [-0.2, -0.15) is 0 Å². The van der Waals surface area contributed by atoms with Crippen molar-refractivity contribution in [2.45, 2.75) is 18.7 Å². The van der Waals surface area contributed by atoms with Crippen LogP contribution in [0.15, 0.2) is 57.7 Å². The van der Waals surface area contributed by atoms with E-state index in [1.807, 2.05) is 61.0 Å². The molecule has 0 spiro atoms. The zero-order valence-corrected chi connectivity index (χ0v) is 13.1. The molecule has 5 heteroatoms. The molecule has 0 aliphatic carbocycles. The van der Waals surface area contributed by atoms with Crippen LogP contribution in [0.1, 0.15) is 11.3 Å². The predicted octanol–water partition coefficient (Wildman–Crippen LogP) is 5.09. The molecule has 0 fully saturated rings. The molecule has 1 aromatic carbocycles. The van der Waals surface area contributed by atoms with Gasteiger partial charge in [-0.05, 0) is 49.9 Å². The van der Waals surface area contributed by atoms with Crippen LogP contribution in [0.3, 0.4) is 0 Å². The lowest BCUT2D eigenvalue weighted by Crippen LogP contribution is -1.85. The van der Waals surface area contributed by atoms with Crippen molar-refractivity contribution in [3.8, 4) is 0 Å². The summed E-state index contributed by atoms with van der Waals surface area (Å²) in [7, 11) is 0. The van der Waals surface area contributed by atoms with Crippen LogP contribution in [0.4, 0.5) is 11.5 Å². The summed E-state index contributed by atoms with van der Waals surface area (Å²) in [6, 6.07) is 12.1. The summed E-state index contributed by atoms with van der Waals surface area (Å²) >= 11 is 1.69. The number of hydrogen-bond donors (Lipinski definition) is 0. The molecule has 0 aliphatic rings. The highest BCUT2D eigenvalue weighted by molar-refractivity contribution is 7.98. The molecule has 0 atom stereocenters. The van der Waals surface area contributed by atoms with E-state index in [-0.39, 0.29) is 0 Å². The van der Waals surface area contributed by atoms with Gasteiger partial charge in [-0.1, -0.05) is 12.1 Å². The second-order valence-electron chi connectivity index (χ2n) is 4.81. The van der Waals surface area contributed by atoms with Gasteiger partial charge in [0.25, 0.3) is 0 Å². The van der Waals surface area contributed by atoms with Gasteiger partial charge < -0.3 is 0 Å². The van der Waals surface area contributed by atoms with Crippen LogP contribution in [0.2, 0.25) is 0 Å². The number of nitrogens with zero attached hydrogens (tertiary/aromatic N) is 4. The maximum atomic E-state index is 4.56. The van der Waals surface area contributed by atoms with Gasteiger partial charge in [0.05, 0.1) is 11.4 Å². The highest BCUT2D eigenvalue weighted by atomic mass is 32.2. The van der Waals surface area contributed by atoms with Gasteiger partial charge in [-0.3, -0.25) is 4.40 Å². The van der Waals surface area contributed by atoms with Crippen LogP contribution in [0.5, 0.6) is 0 Å². The molecule has 21 heavy (non-hydrogen) atoms.